The Labute approximate surface area is 113 Å². The largest absolute Gasteiger partial charge is 0.355 e. The Hall–Kier alpha value is -1.43. The van der Waals surface area contributed by atoms with Gasteiger partial charge in [-0.3, -0.25) is 4.57 Å². The Morgan fingerprint density at radius 3 is 2.72 bits per heavy atom. The highest BCUT2D eigenvalue weighted by Crippen LogP contribution is 2.25. The number of anilines is 1. The second kappa shape index (κ2) is 5.48. The standard InChI is InChI=1S/C12H14BrFN4/c1-3-15-12-17-16-11(18(12)4-2)9-6-5-8(13)7-10(9)14/h5-7H,3-4H2,1-2H3,(H,15,17). The van der Waals surface area contributed by atoms with Crippen molar-refractivity contribution in [2.24, 2.45) is 0 Å². The molecule has 2 rings (SSSR count). The summed E-state index contributed by atoms with van der Waals surface area (Å²) in [5.74, 6) is 0.894. The average molecular weight is 313 g/mol. The molecule has 0 saturated heterocycles. The lowest BCUT2D eigenvalue weighted by atomic mass is 10.2. The molecule has 1 aromatic carbocycles. The molecule has 0 atom stereocenters. The molecule has 1 N–H and O–H groups in total. The van der Waals surface area contributed by atoms with Crippen LogP contribution in [0.5, 0.6) is 0 Å². The van der Waals surface area contributed by atoms with E-state index in [-0.39, 0.29) is 5.82 Å². The first-order valence-corrected chi connectivity index (χ1v) is 6.59. The van der Waals surface area contributed by atoms with Gasteiger partial charge in [-0.15, -0.1) is 10.2 Å². The number of hydrogen-bond acceptors (Lipinski definition) is 3. The van der Waals surface area contributed by atoms with Crippen molar-refractivity contribution in [3.63, 3.8) is 0 Å². The van der Waals surface area contributed by atoms with Gasteiger partial charge in [0, 0.05) is 17.6 Å². The zero-order valence-corrected chi connectivity index (χ0v) is 11.8. The summed E-state index contributed by atoms with van der Waals surface area (Å²) < 4.78 is 16.5. The number of nitrogens with zero attached hydrogens (tertiary/aromatic N) is 3. The normalized spacial score (nSPS) is 10.7. The lowest BCUT2D eigenvalue weighted by molar-refractivity contribution is 0.626. The lowest BCUT2D eigenvalue weighted by Crippen LogP contribution is -2.07. The smallest absolute Gasteiger partial charge is 0.224 e. The Morgan fingerprint density at radius 2 is 2.11 bits per heavy atom. The maximum atomic E-state index is 13.9. The molecule has 0 radical (unpaired) electrons. The molecule has 0 aliphatic carbocycles. The van der Waals surface area contributed by atoms with Crippen LogP contribution in [-0.2, 0) is 6.54 Å². The molecule has 0 aliphatic heterocycles. The summed E-state index contributed by atoms with van der Waals surface area (Å²) >= 11 is 3.24. The number of nitrogens with one attached hydrogen (secondary N) is 1. The molecular formula is C12H14BrFN4. The predicted octanol–water partition coefficient (Wildman–Crippen LogP) is 3.30. The topological polar surface area (TPSA) is 42.7 Å². The Bertz CT molecular complexity index is 553. The molecule has 1 aromatic heterocycles. The third-order valence-corrected chi connectivity index (χ3v) is 3.07. The van der Waals surface area contributed by atoms with Crippen LogP contribution in [0.4, 0.5) is 10.3 Å². The van der Waals surface area contributed by atoms with Crippen LogP contribution in [0.3, 0.4) is 0 Å². The number of aromatic nitrogens is 3. The monoisotopic (exact) mass is 312 g/mol. The summed E-state index contributed by atoms with van der Waals surface area (Å²) in [5.41, 5.74) is 0.455. The van der Waals surface area contributed by atoms with Gasteiger partial charge in [0.2, 0.25) is 5.95 Å². The van der Waals surface area contributed by atoms with Gasteiger partial charge in [-0.2, -0.15) is 0 Å². The van der Waals surface area contributed by atoms with Gasteiger partial charge in [0.1, 0.15) is 5.82 Å². The van der Waals surface area contributed by atoms with E-state index in [2.05, 4.69) is 31.4 Å². The molecule has 0 aliphatic rings. The molecule has 18 heavy (non-hydrogen) atoms. The van der Waals surface area contributed by atoms with Crippen molar-refractivity contribution in [2.75, 3.05) is 11.9 Å². The van der Waals surface area contributed by atoms with Crippen molar-refractivity contribution in [2.45, 2.75) is 20.4 Å². The van der Waals surface area contributed by atoms with E-state index >= 15 is 0 Å². The first-order chi connectivity index (χ1) is 8.67. The Balaban J connectivity index is 2.50. The van der Waals surface area contributed by atoms with E-state index in [1.807, 2.05) is 18.4 Å². The minimum atomic E-state index is -0.311. The highest BCUT2D eigenvalue weighted by atomic mass is 79.9. The van der Waals surface area contributed by atoms with Crippen LogP contribution in [0.1, 0.15) is 13.8 Å². The molecule has 0 spiro atoms. The summed E-state index contributed by atoms with van der Waals surface area (Å²) in [7, 11) is 0. The third kappa shape index (κ3) is 2.38. The molecule has 0 saturated carbocycles. The summed E-state index contributed by atoms with van der Waals surface area (Å²) in [6.45, 7) is 5.39. The van der Waals surface area contributed by atoms with Gasteiger partial charge in [0.15, 0.2) is 5.82 Å². The molecule has 1 heterocycles. The zero-order chi connectivity index (χ0) is 13.1. The van der Waals surface area contributed by atoms with E-state index in [0.717, 1.165) is 6.54 Å². The van der Waals surface area contributed by atoms with Crippen molar-refractivity contribution in [3.8, 4) is 11.4 Å². The molecule has 0 fully saturated rings. The number of benzene rings is 1. The molecular weight excluding hydrogens is 299 g/mol. The SMILES string of the molecule is CCNc1nnc(-c2ccc(Br)cc2F)n1CC. The molecule has 0 unspecified atom stereocenters. The number of rotatable bonds is 4. The maximum absolute atomic E-state index is 13.9. The molecule has 96 valence electrons. The Kier molecular flexibility index (Phi) is 3.96. The highest BCUT2D eigenvalue weighted by Gasteiger charge is 2.15. The van der Waals surface area contributed by atoms with Crippen LogP contribution in [0.25, 0.3) is 11.4 Å². The lowest BCUT2D eigenvalue weighted by Gasteiger charge is -2.08. The molecule has 4 nitrogen and oxygen atoms in total. The first-order valence-electron chi connectivity index (χ1n) is 5.79. The second-order valence-electron chi connectivity index (χ2n) is 3.75. The number of hydrogen-bond donors (Lipinski definition) is 1. The quantitative estimate of drug-likeness (QED) is 0.942. The highest BCUT2D eigenvalue weighted by molar-refractivity contribution is 9.10. The number of halogens is 2. The van der Waals surface area contributed by atoms with Crippen molar-refractivity contribution < 1.29 is 4.39 Å². The average Bonchev–Trinajstić information content (AvgIpc) is 2.72. The van der Waals surface area contributed by atoms with Crippen molar-refractivity contribution in [3.05, 3.63) is 28.5 Å². The molecule has 6 heteroatoms. The minimum absolute atomic E-state index is 0.311. The third-order valence-electron chi connectivity index (χ3n) is 2.57. The van der Waals surface area contributed by atoms with Crippen LogP contribution >= 0.6 is 15.9 Å². The van der Waals surface area contributed by atoms with Crippen LogP contribution in [0.15, 0.2) is 22.7 Å². The van der Waals surface area contributed by atoms with Gasteiger partial charge < -0.3 is 5.32 Å². The second-order valence-corrected chi connectivity index (χ2v) is 4.66. The fraction of sp³-hybridized carbons (Fsp3) is 0.333. The van der Waals surface area contributed by atoms with E-state index in [0.29, 0.717) is 28.4 Å². The van der Waals surface area contributed by atoms with Crippen LogP contribution in [-0.4, -0.2) is 21.3 Å². The van der Waals surface area contributed by atoms with Crippen molar-refractivity contribution in [1.82, 2.24) is 14.8 Å². The predicted molar refractivity (Wildman–Crippen MR) is 73.0 cm³/mol. The van der Waals surface area contributed by atoms with Gasteiger partial charge >= 0.3 is 0 Å². The fourth-order valence-electron chi connectivity index (χ4n) is 1.76. The van der Waals surface area contributed by atoms with Crippen molar-refractivity contribution >= 4 is 21.9 Å². The molecule has 2 aromatic rings. The van der Waals surface area contributed by atoms with Crippen molar-refractivity contribution in [1.29, 1.82) is 0 Å². The first kappa shape index (κ1) is 13.0. The van der Waals surface area contributed by atoms with E-state index < -0.39 is 0 Å². The summed E-state index contributed by atoms with van der Waals surface area (Å²) in [4.78, 5) is 0. The van der Waals surface area contributed by atoms with E-state index in [9.17, 15) is 4.39 Å². The zero-order valence-electron chi connectivity index (χ0n) is 10.2. The fourth-order valence-corrected chi connectivity index (χ4v) is 2.09. The van der Waals surface area contributed by atoms with Gasteiger partial charge in [-0.25, -0.2) is 4.39 Å². The van der Waals surface area contributed by atoms with E-state index in [1.165, 1.54) is 6.07 Å². The molecule has 0 amide bonds. The van der Waals surface area contributed by atoms with Crippen LogP contribution in [0.2, 0.25) is 0 Å². The minimum Gasteiger partial charge on any atom is -0.355 e. The molecule has 0 bridgehead atoms. The van der Waals surface area contributed by atoms with Gasteiger partial charge in [0.25, 0.3) is 0 Å². The van der Waals surface area contributed by atoms with Gasteiger partial charge in [-0.1, -0.05) is 15.9 Å². The van der Waals surface area contributed by atoms with Crippen LogP contribution in [0, 0.1) is 5.82 Å². The summed E-state index contributed by atoms with van der Waals surface area (Å²) in [6.07, 6.45) is 0. The van der Waals surface area contributed by atoms with Gasteiger partial charge in [0.05, 0.1) is 5.56 Å². The summed E-state index contributed by atoms with van der Waals surface area (Å²) in [5, 5.41) is 11.2. The summed E-state index contributed by atoms with van der Waals surface area (Å²) in [6, 6.07) is 4.92. The van der Waals surface area contributed by atoms with E-state index in [1.54, 1.807) is 12.1 Å². The van der Waals surface area contributed by atoms with Gasteiger partial charge in [-0.05, 0) is 32.0 Å². The Morgan fingerprint density at radius 1 is 1.33 bits per heavy atom. The van der Waals surface area contributed by atoms with Crippen LogP contribution < -0.4 is 5.32 Å². The maximum Gasteiger partial charge on any atom is 0.224 e. The van der Waals surface area contributed by atoms with E-state index in [4.69, 9.17) is 0 Å².